The molecule has 0 N–H and O–H groups in total. The zero-order valence-electron chi connectivity index (χ0n) is 10.8. The van der Waals surface area contributed by atoms with Crippen LogP contribution in [0.1, 0.15) is 11.3 Å². The molecule has 7 heteroatoms. The minimum atomic E-state index is 0.524. The van der Waals surface area contributed by atoms with Crippen LogP contribution in [0.15, 0.2) is 64.9 Å². The Morgan fingerprint density at radius 3 is 2.57 bits per heavy atom. The van der Waals surface area contributed by atoms with E-state index in [4.69, 9.17) is 12.6 Å². The van der Waals surface area contributed by atoms with Crippen molar-refractivity contribution in [2.45, 2.75) is 5.75 Å². The van der Waals surface area contributed by atoms with Crippen molar-refractivity contribution in [2.24, 2.45) is 10.2 Å². The Hall–Kier alpha value is -0.911. The molecule has 113 valence electrons. The second-order valence-corrected chi connectivity index (χ2v) is 5.25. The molecule has 2 rings (SSSR count). The van der Waals surface area contributed by atoms with Gasteiger partial charge in [-0.3, -0.25) is 4.98 Å². The van der Waals surface area contributed by atoms with Crippen LogP contribution in [0.4, 0.5) is 0 Å². The second kappa shape index (κ2) is 11.7. The molecule has 3 nitrogen and oxygen atoms in total. The molecule has 2 aromatic rings. The van der Waals surface area contributed by atoms with Crippen molar-refractivity contribution < 1.29 is 15.1 Å². The van der Waals surface area contributed by atoms with Gasteiger partial charge in [-0.05, 0) is 22.1 Å². The van der Waals surface area contributed by atoms with Crippen molar-refractivity contribution >= 4 is 45.1 Å². The fourth-order valence-electron chi connectivity index (χ4n) is 1.34. The fraction of sp³-hybridized carbons (Fsp3) is 0.0714. The first-order valence-corrected chi connectivity index (χ1v) is 8.51. The number of hydrogen-bond donors (Lipinski definition) is 0. The molecule has 0 spiro atoms. The van der Waals surface area contributed by atoms with Crippen LogP contribution in [0.5, 0.6) is 0 Å². The summed E-state index contributed by atoms with van der Waals surface area (Å²) < 4.78 is 0.524. The first-order valence-electron chi connectivity index (χ1n) is 5.82. The van der Waals surface area contributed by atoms with Gasteiger partial charge in [-0.2, -0.15) is 10.2 Å². The number of thioether (sulfide) groups is 1. The van der Waals surface area contributed by atoms with E-state index >= 15 is 0 Å². The molecule has 0 unspecified atom stereocenters. The molecule has 0 saturated carbocycles. The van der Waals surface area contributed by atoms with Gasteiger partial charge in [0.2, 0.25) is 0 Å². The normalized spacial score (nSPS) is 11.1. The third-order valence-corrected chi connectivity index (χ3v) is 3.46. The zero-order chi connectivity index (χ0) is 15.3. The number of benzene rings is 1. The van der Waals surface area contributed by atoms with Crippen molar-refractivity contribution in [3.05, 3.63) is 66.0 Å². The maximum absolute atomic E-state index is 5.13. The monoisotopic (exact) mass is 384 g/mol. The van der Waals surface area contributed by atoms with E-state index in [1.807, 2.05) is 36.4 Å². The topological polar surface area (TPSA) is 37.6 Å². The number of halogens is 1. The first-order chi connectivity index (χ1) is 10.3. The van der Waals surface area contributed by atoms with Gasteiger partial charge in [0.1, 0.15) is 0 Å². The Kier molecular flexibility index (Phi) is 10.1. The maximum Gasteiger partial charge on any atom is 0.0831 e. The molecule has 21 heavy (non-hydrogen) atoms. The molecule has 0 aliphatic heterocycles. The molecule has 1 aromatic heterocycles. The van der Waals surface area contributed by atoms with Crippen LogP contribution in [0.25, 0.3) is 0 Å². The van der Waals surface area contributed by atoms with Crippen molar-refractivity contribution in [1.82, 2.24) is 4.98 Å². The summed E-state index contributed by atoms with van der Waals surface area (Å²) in [7, 11) is 4.20. The van der Waals surface area contributed by atoms with Gasteiger partial charge in [-0.15, -0.1) is 11.8 Å². The second-order valence-electron chi connectivity index (χ2n) is 3.64. The fourth-order valence-corrected chi connectivity index (χ4v) is 2.15. The Morgan fingerprint density at radius 1 is 1.19 bits per heavy atom. The van der Waals surface area contributed by atoms with Gasteiger partial charge < -0.3 is 12.6 Å². The van der Waals surface area contributed by atoms with E-state index in [-0.39, 0.29) is 0 Å². The van der Waals surface area contributed by atoms with Gasteiger partial charge in [0.25, 0.3) is 0 Å². The Labute approximate surface area is 146 Å². The SMILES string of the molecule is [Cl][Cu+].[S-]/C(=N\N=C\c1ccccn1)SCc1ccccc1. The largest absolute Gasteiger partial charge is 0.752 e. The van der Waals surface area contributed by atoms with Crippen molar-refractivity contribution in [3.8, 4) is 0 Å². The summed E-state index contributed by atoms with van der Waals surface area (Å²) in [6, 6.07) is 15.8. The van der Waals surface area contributed by atoms with Gasteiger partial charge in [0.05, 0.1) is 11.9 Å². The molecule has 1 aromatic carbocycles. The summed E-state index contributed by atoms with van der Waals surface area (Å²) in [5, 5.41) is 7.89. The van der Waals surface area contributed by atoms with Crippen LogP contribution in [0.2, 0.25) is 0 Å². The molecule has 0 amide bonds. The molecule has 0 aliphatic rings. The first kappa shape index (κ1) is 18.1. The van der Waals surface area contributed by atoms with Crippen LogP contribution in [0.3, 0.4) is 0 Å². The number of aromatic nitrogens is 1. The molecule has 0 saturated heterocycles. The van der Waals surface area contributed by atoms with Gasteiger partial charge >= 0.3 is 25.2 Å². The van der Waals surface area contributed by atoms with Crippen LogP contribution >= 0.6 is 21.9 Å². The number of rotatable bonds is 4. The van der Waals surface area contributed by atoms with Crippen LogP contribution < -0.4 is 0 Å². The third kappa shape index (κ3) is 8.19. The molecule has 0 bridgehead atoms. The minimum Gasteiger partial charge on any atom is -0.752 e. The van der Waals surface area contributed by atoms with Crippen molar-refractivity contribution in [2.75, 3.05) is 0 Å². The average molecular weight is 385 g/mol. The number of nitrogens with zero attached hydrogens (tertiary/aromatic N) is 3. The number of hydrogen-bond acceptors (Lipinski definition) is 5. The van der Waals surface area contributed by atoms with Gasteiger partial charge in [-0.1, -0.05) is 36.4 Å². The van der Waals surface area contributed by atoms with Gasteiger partial charge in [0.15, 0.2) is 0 Å². The average Bonchev–Trinajstić information content (AvgIpc) is 2.57. The Bertz CT molecular complexity index is 565. The van der Waals surface area contributed by atoms with Crippen molar-refractivity contribution in [1.29, 1.82) is 0 Å². The summed E-state index contributed by atoms with van der Waals surface area (Å²) in [6.07, 6.45) is 3.30. The van der Waals surface area contributed by atoms with Crippen molar-refractivity contribution in [3.63, 3.8) is 0 Å². The summed E-state index contributed by atoms with van der Waals surface area (Å²) in [5.74, 6) is 0.808. The zero-order valence-corrected chi connectivity index (χ0v) is 14.1. The van der Waals surface area contributed by atoms with E-state index in [1.54, 1.807) is 12.4 Å². The molecule has 0 atom stereocenters. The Morgan fingerprint density at radius 2 is 1.90 bits per heavy atom. The van der Waals surface area contributed by atoms with E-state index in [9.17, 15) is 0 Å². The van der Waals surface area contributed by atoms with E-state index in [0.717, 1.165) is 11.4 Å². The molecular weight excluding hydrogens is 373 g/mol. The smallest absolute Gasteiger partial charge is 0.0831 e. The summed E-state index contributed by atoms with van der Waals surface area (Å²) >= 11 is 10.3. The molecule has 0 fully saturated rings. The molecule has 0 radical (unpaired) electrons. The summed E-state index contributed by atoms with van der Waals surface area (Å²) in [4.78, 5) is 4.11. The molecule has 1 heterocycles. The third-order valence-electron chi connectivity index (χ3n) is 2.22. The number of pyridine rings is 1. The van der Waals surface area contributed by atoms with Crippen LogP contribution in [0, 0.1) is 0 Å². The van der Waals surface area contributed by atoms with E-state index < -0.39 is 0 Å². The molecule has 0 aliphatic carbocycles. The standard InChI is InChI=1S/C14H13N3S2.ClH.Cu/c18-14(19-11-12-6-2-1-3-7-12)17-16-10-13-8-4-5-9-15-13;;/h1-10H,11H2,(H,17,18);1H;/q;;+2/p-2/b16-10+;;. The molecular formula is C14H12ClCuN3S2. The predicted molar refractivity (Wildman–Crippen MR) is 90.2 cm³/mol. The van der Waals surface area contributed by atoms with Crippen LogP contribution in [-0.4, -0.2) is 15.6 Å². The van der Waals surface area contributed by atoms with Gasteiger partial charge in [-0.25, -0.2) is 0 Å². The summed E-state index contributed by atoms with van der Waals surface area (Å²) in [6.45, 7) is 0. The van der Waals surface area contributed by atoms with E-state index in [0.29, 0.717) is 4.38 Å². The van der Waals surface area contributed by atoms with E-state index in [1.165, 1.54) is 17.3 Å². The Balaban J connectivity index is 0.00000106. The quantitative estimate of drug-likeness (QED) is 0.263. The van der Waals surface area contributed by atoms with Gasteiger partial charge in [0, 0.05) is 11.9 Å². The van der Waals surface area contributed by atoms with E-state index in [2.05, 4.69) is 52.5 Å². The summed E-state index contributed by atoms with van der Waals surface area (Å²) in [5.41, 5.74) is 1.99. The maximum atomic E-state index is 5.13. The van der Waals surface area contributed by atoms with Crippen LogP contribution in [-0.2, 0) is 33.5 Å². The predicted octanol–water partition coefficient (Wildman–Crippen LogP) is 3.94. The minimum absolute atomic E-state index is 0.524.